The van der Waals surface area contributed by atoms with Gasteiger partial charge in [-0.25, -0.2) is 14.4 Å². The highest BCUT2D eigenvalue weighted by Gasteiger charge is 2.41. The third-order valence-corrected chi connectivity index (χ3v) is 3.33. The van der Waals surface area contributed by atoms with E-state index in [-0.39, 0.29) is 5.75 Å². The summed E-state index contributed by atoms with van der Waals surface area (Å²) in [4.78, 5) is 33.8. The molecule has 1 aromatic rings. The zero-order chi connectivity index (χ0) is 19.4. The average Bonchev–Trinajstić information content (AvgIpc) is 2.57. The van der Waals surface area contributed by atoms with Crippen LogP contribution in [-0.2, 0) is 23.9 Å². The van der Waals surface area contributed by atoms with Gasteiger partial charge >= 0.3 is 17.9 Å². The maximum Gasteiger partial charge on any atom is 0.370 e. The lowest BCUT2D eigenvalue weighted by Gasteiger charge is -2.30. The molecule has 0 radical (unpaired) electrons. The fourth-order valence-electron chi connectivity index (χ4n) is 2.07. The molecule has 0 saturated heterocycles. The fraction of sp³-hybridized carbons (Fsp3) is 0.188. The standard InChI is InChI=1S/C16H14O10/c17-8-3-1-7(5-9(8)18)2-4-12(19)25-10-6-11(15(21)22)26-14(13(10)20)16(23)24/h1-6,10,13-14,17-18,20H,(H,21,22)(H,23,24)/t10-,13-,14+/m1/s1. The van der Waals surface area contributed by atoms with Gasteiger partial charge in [0.15, 0.2) is 17.6 Å². The monoisotopic (exact) mass is 366 g/mol. The van der Waals surface area contributed by atoms with Crippen LogP contribution < -0.4 is 0 Å². The van der Waals surface area contributed by atoms with Crippen LogP contribution in [0.5, 0.6) is 11.5 Å². The minimum Gasteiger partial charge on any atom is -0.504 e. The molecule has 1 aliphatic heterocycles. The normalized spacial score (nSPS) is 22.3. The number of phenolic OH excluding ortho intramolecular Hbond substituents is 2. The van der Waals surface area contributed by atoms with Crippen LogP contribution in [0.25, 0.3) is 6.08 Å². The fourth-order valence-corrected chi connectivity index (χ4v) is 2.07. The molecule has 26 heavy (non-hydrogen) atoms. The largest absolute Gasteiger partial charge is 0.504 e. The number of carbonyl (C=O) groups is 3. The third kappa shape index (κ3) is 4.30. The summed E-state index contributed by atoms with van der Waals surface area (Å²) in [5.41, 5.74) is 0.343. The Morgan fingerprint density at radius 3 is 2.38 bits per heavy atom. The molecular formula is C16H14O10. The zero-order valence-electron chi connectivity index (χ0n) is 13.0. The maximum atomic E-state index is 11.8. The lowest BCUT2D eigenvalue weighted by molar-refractivity contribution is -0.172. The zero-order valence-corrected chi connectivity index (χ0v) is 13.0. The number of ether oxygens (including phenoxy) is 2. The highest BCUT2D eigenvalue weighted by molar-refractivity contribution is 5.88. The van der Waals surface area contributed by atoms with Gasteiger partial charge in [0.1, 0.15) is 6.10 Å². The molecule has 0 aromatic heterocycles. The number of benzene rings is 1. The molecule has 0 fully saturated rings. The van der Waals surface area contributed by atoms with Crippen LogP contribution in [0.2, 0.25) is 0 Å². The molecule has 10 heteroatoms. The molecule has 0 unspecified atom stereocenters. The molecule has 0 saturated carbocycles. The predicted molar refractivity (Wildman–Crippen MR) is 82.9 cm³/mol. The van der Waals surface area contributed by atoms with Crippen LogP contribution >= 0.6 is 0 Å². The summed E-state index contributed by atoms with van der Waals surface area (Å²) >= 11 is 0. The topological polar surface area (TPSA) is 171 Å². The Labute approximate surface area is 145 Å². The molecule has 1 aliphatic rings. The molecule has 138 valence electrons. The Hall–Kier alpha value is -3.53. The first-order valence-electron chi connectivity index (χ1n) is 7.12. The van der Waals surface area contributed by atoms with E-state index in [4.69, 9.17) is 14.9 Å². The van der Waals surface area contributed by atoms with Crippen LogP contribution in [-0.4, -0.2) is 61.8 Å². The van der Waals surface area contributed by atoms with Crippen molar-refractivity contribution in [1.82, 2.24) is 0 Å². The number of rotatable bonds is 5. The van der Waals surface area contributed by atoms with Gasteiger partial charge in [0.05, 0.1) is 0 Å². The van der Waals surface area contributed by atoms with Crippen molar-refractivity contribution in [2.75, 3.05) is 0 Å². The van der Waals surface area contributed by atoms with E-state index in [2.05, 4.69) is 4.74 Å². The Balaban J connectivity index is 2.13. The molecule has 0 aliphatic carbocycles. The van der Waals surface area contributed by atoms with E-state index in [0.717, 1.165) is 12.2 Å². The van der Waals surface area contributed by atoms with E-state index >= 15 is 0 Å². The Kier molecular flexibility index (Phi) is 5.48. The van der Waals surface area contributed by atoms with Gasteiger partial charge in [-0.2, -0.15) is 0 Å². The number of hydrogen-bond donors (Lipinski definition) is 5. The first kappa shape index (κ1) is 18.8. The Morgan fingerprint density at radius 1 is 1.12 bits per heavy atom. The van der Waals surface area contributed by atoms with Crippen molar-refractivity contribution < 1.29 is 49.4 Å². The van der Waals surface area contributed by atoms with Crippen LogP contribution in [0.15, 0.2) is 36.1 Å². The van der Waals surface area contributed by atoms with Crippen molar-refractivity contribution in [2.45, 2.75) is 18.3 Å². The summed E-state index contributed by atoms with van der Waals surface area (Å²) in [6, 6.07) is 3.76. The molecule has 0 spiro atoms. The minimum atomic E-state index is -1.91. The smallest absolute Gasteiger partial charge is 0.370 e. The maximum absolute atomic E-state index is 11.8. The lowest BCUT2D eigenvalue weighted by Crippen LogP contribution is -2.48. The molecule has 0 bridgehead atoms. The number of aromatic hydroxyl groups is 2. The summed E-state index contributed by atoms with van der Waals surface area (Å²) in [6.07, 6.45) is -2.36. The molecule has 5 N–H and O–H groups in total. The number of esters is 1. The number of carbonyl (C=O) groups excluding carboxylic acids is 1. The Morgan fingerprint density at radius 2 is 1.81 bits per heavy atom. The van der Waals surface area contributed by atoms with Gasteiger partial charge in [0.2, 0.25) is 11.9 Å². The molecular weight excluding hydrogens is 352 g/mol. The number of aliphatic hydroxyl groups excluding tert-OH is 1. The van der Waals surface area contributed by atoms with Crippen LogP contribution in [0.3, 0.4) is 0 Å². The van der Waals surface area contributed by atoms with Crippen molar-refractivity contribution in [2.24, 2.45) is 0 Å². The molecule has 2 rings (SSSR count). The van der Waals surface area contributed by atoms with Gasteiger partial charge in [-0.3, -0.25) is 0 Å². The van der Waals surface area contributed by atoms with E-state index in [1.54, 1.807) is 0 Å². The second kappa shape index (κ2) is 7.57. The van der Waals surface area contributed by atoms with Crippen molar-refractivity contribution >= 4 is 24.0 Å². The van der Waals surface area contributed by atoms with E-state index < -0.39 is 47.7 Å². The number of aliphatic carboxylic acids is 2. The van der Waals surface area contributed by atoms with Crippen LogP contribution in [0, 0.1) is 0 Å². The number of carboxylic acids is 2. The number of hydrogen-bond acceptors (Lipinski definition) is 8. The van der Waals surface area contributed by atoms with Crippen molar-refractivity contribution in [1.29, 1.82) is 0 Å². The average molecular weight is 366 g/mol. The van der Waals surface area contributed by atoms with E-state index in [0.29, 0.717) is 5.56 Å². The van der Waals surface area contributed by atoms with Gasteiger partial charge in [-0.05, 0) is 23.8 Å². The summed E-state index contributed by atoms with van der Waals surface area (Å²) in [6.45, 7) is 0. The second-order valence-electron chi connectivity index (χ2n) is 5.19. The highest BCUT2D eigenvalue weighted by atomic mass is 16.6. The molecule has 10 nitrogen and oxygen atoms in total. The van der Waals surface area contributed by atoms with Gasteiger partial charge in [-0.1, -0.05) is 6.07 Å². The summed E-state index contributed by atoms with van der Waals surface area (Å²) < 4.78 is 9.51. The Bertz CT molecular complexity index is 794. The second-order valence-corrected chi connectivity index (χ2v) is 5.19. The number of phenols is 2. The van der Waals surface area contributed by atoms with Crippen molar-refractivity contribution in [3.05, 3.63) is 41.7 Å². The van der Waals surface area contributed by atoms with Gasteiger partial charge < -0.3 is 35.0 Å². The molecule has 1 heterocycles. The summed E-state index contributed by atoms with van der Waals surface area (Å²) in [5, 5.41) is 46.3. The van der Waals surface area contributed by atoms with E-state index in [9.17, 15) is 29.7 Å². The molecule has 0 amide bonds. The minimum absolute atomic E-state index is 0.343. The van der Waals surface area contributed by atoms with Gasteiger partial charge in [-0.15, -0.1) is 0 Å². The molecule has 1 aromatic carbocycles. The number of aliphatic hydroxyl groups is 1. The van der Waals surface area contributed by atoms with E-state index in [1.807, 2.05) is 0 Å². The quantitative estimate of drug-likeness (QED) is 0.268. The molecule has 3 atom stereocenters. The SMILES string of the molecule is O=C(C=Cc1ccc(O)c(O)c1)O[C@@H]1C=C(C(=O)O)O[C@H](C(=O)O)[C@@H]1O. The van der Waals surface area contributed by atoms with E-state index in [1.165, 1.54) is 24.3 Å². The summed E-state index contributed by atoms with van der Waals surface area (Å²) in [5.74, 6) is -5.73. The highest BCUT2D eigenvalue weighted by Crippen LogP contribution is 2.25. The summed E-state index contributed by atoms with van der Waals surface area (Å²) in [7, 11) is 0. The predicted octanol–water partition coefficient (Wildman–Crippen LogP) is -0.164. The van der Waals surface area contributed by atoms with Crippen molar-refractivity contribution in [3.63, 3.8) is 0 Å². The first-order chi connectivity index (χ1) is 12.2. The van der Waals surface area contributed by atoms with Gasteiger partial charge in [0.25, 0.3) is 0 Å². The van der Waals surface area contributed by atoms with Gasteiger partial charge in [0, 0.05) is 12.2 Å². The first-order valence-corrected chi connectivity index (χ1v) is 7.12. The third-order valence-electron chi connectivity index (χ3n) is 3.33. The van der Waals surface area contributed by atoms with Crippen LogP contribution in [0.1, 0.15) is 5.56 Å². The van der Waals surface area contributed by atoms with Crippen molar-refractivity contribution in [3.8, 4) is 11.5 Å². The number of carboxylic acid groups (broad SMARTS) is 2. The van der Waals surface area contributed by atoms with Crippen LogP contribution in [0.4, 0.5) is 0 Å². The lowest BCUT2D eigenvalue weighted by atomic mass is 10.0.